The van der Waals surface area contributed by atoms with E-state index in [2.05, 4.69) is 18.2 Å². The molecule has 1 aromatic heterocycles. The van der Waals surface area contributed by atoms with Crippen molar-refractivity contribution in [2.45, 2.75) is 56.4 Å². The highest BCUT2D eigenvalue weighted by Gasteiger charge is 2.62. The van der Waals surface area contributed by atoms with Crippen LogP contribution in [-0.2, 0) is 21.7 Å². The van der Waals surface area contributed by atoms with Crippen LogP contribution in [0.3, 0.4) is 0 Å². The highest BCUT2D eigenvalue weighted by Crippen LogP contribution is 2.49. The summed E-state index contributed by atoms with van der Waals surface area (Å²) in [6.45, 7) is 3.56. The van der Waals surface area contributed by atoms with E-state index in [1.54, 1.807) is 17.4 Å². The van der Waals surface area contributed by atoms with Crippen LogP contribution in [0.2, 0.25) is 5.02 Å². The molecule has 0 amide bonds. The van der Waals surface area contributed by atoms with Crippen molar-refractivity contribution in [3.8, 4) is 5.75 Å². The average molecular weight is 491 g/mol. The van der Waals surface area contributed by atoms with Crippen LogP contribution in [-0.4, -0.2) is 52.4 Å². The Morgan fingerprint density at radius 1 is 1.18 bits per heavy atom. The first-order valence-electron chi connectivity index (χ1n) is 11.0. The molecular weight excluding hydrogens is 464 g/mol. The summed E-state index contributed by atoms with van der Waals surface area (Å²) in [6, 6.07) is 13.8. The van der Waals surface area contributed by atoms with Crippen LogP contribution in [0.1, 0.15) is 36.3 Å². The Morgan fingerprint density at radius 2 is 2.00 bits per heavy atom. The van der Waals surface area contributed by atoms with Crippen molar-refractivity contribution in [3.05, 3.63) is 63.5 Å². The standard InChI is InChI=1S/C25H27ClO6S/c1-14(2)31-18-5-3-15-8-19(33-22(15)10-18)9-16-7-17(4-6-20(16)26)25-11-21(28)23(29)24(12-27,32-25)13-30-25/h3-8,10,14,21,23,27-29H,9,11-13H2,1-2H3/t21?,23-,24-,25+/m0/s1. The van der Waals surface area contributed by atoms with E-state index >= 15 is 0 Å². The van der Waals surface area contributed by atoms with Crippen LogP contribution in [0.5, 0.6) is 5.75 Å². The largest absolute Gasteiger partial charge is 0.491 e. The van der Waals surface area contributed by atoms with Crippen molar-refractivity contribution in [2.24, 2.45) is 0 Å². The third-order valence-electron chi connectivity index (χ3n) is 6.33. The molecule has 4 atom stereocenters. The second-order valence-corrected chi connectivity index (χ2v) is 10.7. The summed E-state index contributed by atoms with van der Waals surface area (Å²) in [5.74, 6) is -0.379. The molecule has 0 radical (unpaired) electrons. The number of hydrogen-bond donors (Lipinski definition) is 3. The van der Waals surface area contributed by atoms with Gasteiger partial charge in [0.1, 0.15) is 17.5 Å². The van der Waals surface area contributed by atoms with Crippen LogP contribution in [0, 0.1) is 0 Å². The molecule has 2 bridgehead atoms. The number of ether oxygens (including phenoxy) is 3. The number of aliphatic hydroxyl groups excluding tert-OH is 3. The van der Waals surface area contributed by atoms with E-state index in [-0.39, 0.29) is 19.1 Å². The second kappa shape index (κ2) is 8.50. The van der Waals surface area contributed by atoms with Crippen molar-refractivity contribution in [1.82, 2.24) is 0 Å². The predicted octanol–water partition coefficient (Wildman–Crippen LogP) is 3.99. The van der Waals surface area contributed by atoms with E-state index in [1.165, 1.54) is 0 Å². The van der Waals surface area contributed by atoms with Crippen LogP contribution < -0.4 is 4.74 Å². The maximum Gasteiger partial charge on any atom is 0.198 e. The Bertz CT molecular complexity index is 1180. The minimum atomic E-state index is -1.33. The summed E-state index contributed by atoms with van der Waals surface area (Å²) in [4.78, 5) is 1.15. The molecule has 3 heterocycles. The molecule has 0 spiro atoms. The first kappa shape index (κ1) is 23.1. The van der Waals surface area contributed by atoms with Gasteiger partial charge in [0.05, 0.1) is 25.4 Å². The Hall–Kier alpha value is -1.71. The number of fused-ring (bicyclic) bond motifs is 3. The van der Waals surface area contributed by atoms with Crippen molar-refractivity contribution in [2.75, 3.05) is 13.2 Å². The monoisotopic (exact) mass is 490 g/mol. The fourth-order valence-electron chi connectivity index (χ4n) is 4.68. The molecule has 8 heteroatoms. The molecule has 3 N–H and O–H groups in total. The summed E-state index contributed by atoms with van der Waals surface area (Å²) < 4.78 is 19.0. The Kier molecular flexibility index (Phi) is 5.94. The van der Waals surface area contributed by atoms with E-state index < -0.39 is 30.2 Å². The number of rotatable bonds is 6. The molecule has 5 rings (SSSR count). The third kappa shape index (κ3) is 4.06. The number of aliphatic hydroxyl groups is 3. The number of thiophene rings is 1. The molecule has 6 nitrogen and oxygen atoms in total. The lowest BCUT2D eigenvalue weighted by Gasteiger charge is -2.42. The minimum Gasteiger partial charge on any atom is -0.491 e. The van der Waals surface area contributed by atoms with Gasteiger partial charge in [-0.25, -0.2) is 0 Å². The smallest absolute Gasteiger partial charge is 0.198 e. The Morgan fingerprint density at radius 3 is 2.76 bits per heavy atom. The lowest BCUT2D eigenvalue weighted by Crippen LogP contribution is -2.59. The van der Waals surface area contributed by atoms with Gasteiger partial charge >= 0.3 is 0 Å². The summed E-state index contributed by atoms with van der Waals surface area (Å²) >= 11 is 8.24. The number of hydrogen-bond acceptors (Lipinski definition) is 7. The SMILES string of the molecule is CC(C)Oc1ccc2cc(Cc3cc([C@]45CC(O)[C@H](O)[C@](CO)(CO4)O5)ccc3Cl)sc2c1. The predicted molar refractivity (Wildman–Crippen MR) is 127 cm³/mol. The zero-order valence-corrected chi connectivity index (χ0v) is 20.0. The molecule has 176 valence electrons. The van der Waals surface area contributed by atoms with E-state index in [1.807, 2.05) is 32.0 Å². The maximum absolute atomic E-state index is 10.4. The van der Waals surface area contributed by atoms with E-state index in [4.69, 9.17) is 25.8 Å². The van der Waals surface area contributed by atoms with Gasteiger partial charge < -0.3 is 29.5 Å². The summed E-state index contributed by atoms with van der Waals surface area (Å²) in [5.41, 5.74) is 0.276. The fourth-order valence-corrected chi connectivity index (χ4v) is 5.98. The van der Waals surface area contributed by atoms with Gasteiger partial charge in [-0.2, -0.15) is 0 Å². The quantitative estimate of drug-likeness (QED) is 0.484. The maximum atomic E-state index is 10.4. The van der Waals surface area contributed by atoms with Crippen molar-refractivity contribution in [1.29, 1.82) is 0 Å². The topological polar surface area (TPSA) is 88.4 Å². The summed E-state index contributed by atoms with van der Waals surface area (Å²) in [5, 5.41) is 32.4. The van der Waals surface area contributed by atoms with Gasteiger partial charge in [-0.3, -0.25) is 0 Å². The molecule has 2 aromatic carbocycles. The van der Waals surface area contributed by atoms with Crippen molar-refractivity contribution < 1.29 is 29.5 Å². The van der Waals surface area contributed by atoms with Crippen LogP contribution in [0.15, 0.2) is 42.5 Å². The van der Waals surface area contributed by atoms with Crippen molar-refractivity contribution >= 4 is 33.0 Å². The lowest BCUT2D eigenvalue weighted by atomic mass is 9.86. The Balaban J connectivity index is 1.44. The molecule has 2 aliphatic heterocycles. The Labute approximate surface area is 201 Å². The van der Waals surface area contributed by atoms with Gasteiger partial charge in [0.25, 0.3) is 0 Å². The van der Waals surface area contributed by atoms with Crippen LogP contribution >= 0.6 is 22.9 Å². The second-order valence-electron chi connectivity index (χ2n) is 9.14. The minimum absolute atomic E-state index is 0.00319. The molecular formula is C25H27ClO6S. The van der Waals surface area contributed by atoms with Gasteiger partial charge in [-0.1, -0.05) is 17.7 Å². The highest BCUT2D eigenvalue weighted by atomic mass is 35.5. The van der Waals surface area contributed by atoms with Gasteiger partial charge in [-0.05, 0) is 61.2 Å². The fraction of sp³-hybridized carbons (Fsp3) is 0.440. The average Bonchev–Trinajstić information content (AvgIpc) is 3.33. The molecule has 3 aromatic rings. The summed E-state index contributed by atoms with van der Waals surface area (Å²) in [6.07, 6.45) is -1.48. The summed E-state index contributed by atoms with van der Waals surface area (Å²) in [7, 11) is 0. The number of benzene rings is 2. The van der Waals surface area contributed by atoms with Crippen molar-refractivity contribution in [3.63, 3.8) is 0 Å². The number of halogens is 1. The van der Waals surface area contributed by atoms with E-state index in [0.717, 1.165) is 26.3 Å². The van der Waals surface area contributed by atoms with E-state index in [0.29, 0.717) is 17.0 Å². The van der Waals surface area contributed by atoms with Gasteiger partial charge in [0, 0.05) is 33.0 Å². The molecule has 0 saturated carbocycles. The lowest BCUT2D eigenvalue weighted by molar-refractivity contribution is -0.281. The molecule has 33 heavy (non-hydrogen) atoms. The zero-order chi connectivity index (χ0) is 23.4. The van der Waals surface area contributed by atoms with Crippen LogP contribution in [0.4, 0.5) is 0 Å². The molecule has 2 fully saturated rings. The highest BCUT2D eigenvalue weighted by molar-refractivity contribution is 7.19. The molecule has 2 aliphatic rings. The molecule has 0 aliphatic carbocycles. The van der Waals surface area contributed by atoms with E-state index in [9.17, 15) is 15.3 Å². The van der Waals surface area contributed by atoms with Crippen LogP contribution in [0.25, 0.3) is 10.1 Å². The first-order valence-corrected chi connectivity index (χ1v) is 12.2. The van der Waals surface area contributed by atoms with Gasteiger partial charge in [-0.15, -0.1) is 11.3 Å². The molecule has 2 saturated heterocycles. The molecule has 1 unspecified atom stereocenters. The third-order valence-corrected chi connectivity index (χ3v) is 7.80. The van der Waals surface area contributed by atoms with Gasteiger partial charge in [0.15, 0.2) is 5.79 Å². The zero-order valence-electron chi connectivity index (χ0n) is 18.5. The normalized spacial score (nSPS) is 29.2. The first-order chi connectivity index (χ1) is 15.7. The van der Waals surface area contributed by atoms with Gasteiger partial charge in [0.2, 0.25) is 0 Å².